The van der Waals surface area contributed by atoms with Crippen LogP contribution in [0.25, 0.3) is 0 Å². The van der Waals surface area contributed by atoms with Crippen LogP contribution in [-0.2, 0) is 4.74 Å². The van der Waals surface area contributed by atoms with E-state index in [4.69, 9.17) is 10.5 Å². The molecule has 3 N–H and O–H groups in total. The van der Waals surface area contributed by atoms with Crippen LogP contribution in [0.2, 0.25) is 0 Å². The Labute approximate surface area is 91.6 Å². The molecule has 1 aliphatic heterocycles. The standard InChI is InChI=1S/C11H21N3O/c1-9(2)6-13-11(12)14-7-10-4-3-5-15-8-10/h10H,1,3-8H2,2H3,(H3,12,13,14). The van der Waals surface area contributed by atoms with Crippen molar-refractivity contribution in [2.45, 2.75) is 19.8 Å². The van der Waals surface area contributed by atoms with E-state index < -0.39 is 0 Å². The second-order valence-corrected chi connectivity index (χ2v) is 4.12. The zero-order chi connectivity index (χ0) is 11.1. The quantitative estimate of drug-likeness (QED) is 0.412. The normalized spacial score (nSPS) is 22.5. The maximum atomic E-state index is 5.70. The van der Waals surface area contributed by atoms with Gasteiger partial charge in [0.05, 0.1) is 13.2 Å². The van der Waals surface area contributed by atoms with E-state index in [1.54, 1.807) is 0 Å². The van der Waals surface area contributed by atoms with Crippen LogP contribution >= 0.6 is 0 Å². The van der Waals surface area contributed by atoms with Gasteiger partial charge in [-0.25, -0.2) is 4.99 Å². The Morgan fingerprint density at radius 1 is 1.67 bits per heavy atom. The molecule has 1 fully saturated rings. The third-order valence-electron chi connectivity index (χ3n) is 2.35. The number of hydrogen-bond acceptors (Lipinski definition) is 2. The van der Waals surface area contributed by atoms with Gasteiger partial charge in [0, 0.05) is 13.2 Å². The molecule has 1 rings (SSSR count). The van der Waals surface area contributed by atoms with Crippen molar-refractivity contribution in [1.82, 2.24) is 5.32 Å². The summed E-state index contributed by atoms with van der Waals surface area (Å²) in [6.07, 6.45) is 2.36. The minimum atomic E-state index is 0.503. The van der Waals surface area contributed by atoms with Crippen LogP contribution in [0.5, 0.6) is 0 Å². The number of ether oxygens (including phenoxy) is 1. The third-order valence-corrected chi connectivity index (χ3v) is 2.35. The topological polar surface area (TPSA) is 59.6 Å². The highest BCUT2D eigenvalue weighted by molar-refractivity contribution is 5.77. The van der Waals surface area contributed by atoms with Crippen molar-refractivity contribution in [3.8, 4) is 0 Å². The Kier molecular flexibility index (Phi) is 5.18. The van der Waals surface area contributed by atoms with E-state index >= 15 is 0 Å². The molecule has 0 saturated carbocycles. The molecule has 0 aromatic rings. The molecular weight excluding hydrogens is 190 g/mol. The van der Waals surface area contributed by atoms with Gasteiger partial charge < -0.3 is 15.8 Å². The Morgan fingerprint density at radius 3 is 3.07 bits per heavy atom. The smallest absolute Gasteiger partial charge is 0.188 e. The molecule has 86 valence electrons. The molecule has 1 unspecified atom stereocenters. The third kappa shape index (κ3) is 5.42. The van der Waals surface area contributed by atoms with Crippen LogP contribution in [0.4, 0.5) is 0 Å². The first-order valence-corrected chi connectivity index (χ1v) is 5.44. The van der Waals surface area contributed by atoms with Crippen LogP contribution in [0.3, 0.4) is 0 Å². The van der Waals surface area contributed by atoms with Crippen molar-refractivity contribution < 1.29 is 4.74 Å². The minimum Gasteiger partial charge on any atom is -0.381 e. The Bertz CT molecular complexity index is 232. The van der Waals surface area contributed by atoms with Crippen molar-refractivity contribution in [2.75, 3.05) is 26.3 Å². The maximum Gasteiger partial charge on any atom is 0.188 e. The van der Waals surface area contributed by atoms with Crippen LogP contribution in [-0.4, -0.2) is 32.3 Å². The first kappa shape index (κ1) is 12.0. The van der Waals surface area contributed by atoms with E-state index in [0.717, 1.165) is 31.8 Å². The van der Waals surface area contributed by atoms with Gasteiger partial charge in [0.25, 0.3) is 0 Å². The lowest BCUT2D eigenvalue weighted by Crippen LogP contribution is -2.37. The summed E-state index contributed by atoms with van der Waals surface area (Å²) in [7, 11) is 0. The summed E-state index contributed by atoms with van der Waals surface area (Å²) in [6.45, 7) is 8.89. The van der Waals surface area contributed by atoms with Crippen LogP contribution in [0.1, 0.15) is 19.8 Å². The molecule has 0 aromatic carbocycles. The van der Waals surface area contributed by atoms with Crippen LogP contribution in [0, 0.1) is 5.92 Å². The van der Waals surface area contributed by atoms with E-state index in [9.17, 15) is 0 Å². The van der Waals surface area contributed by atoms with Gasteiger partial charge in [-0.1, -0.05) is 12.2 Å². The SMILES string of the molecule is C=C(C)CN=C(N)NCC1CCCOC1. The lowest BCUT2D eigenvalue weighted by atomic mass is 10.0. The van der Waals surface area contributed by atoms with E-state index in [-0.39, 0.29) is 0 Å². The summed E-state index contributed by atoms with van der Waals surface area (Å²) in [5.41, 5.74) is 6.71. The molecule has 0 spiro atoms. The summed E-state index contributed by atoms with van der Waals surface area (Å²) >= 11 is 0. The highest BCUT2D eigenvalue weighted by atomic mass is 16.5. The van der Waals surface area contributed by atoms with Gasteiger partial charge in [-0.15, -0.1) is 0 Å². The molecule has 0 aromatic heterocycles. The lowest BCUT2D eigenvalue weighted by molar-refractivity contribution is 0.0565. The molecule has 1 heterocycles. The summed E-state index contributed by atoms with van der Waals surface area (Å²) in [6, 6.07) is 0. The molecule has 0 aliphatic carbocycles. The number of nitrogens with one attached hydrogen (secondary N) is 1. The maximum absolute atomic E-state index is 5.70. The predicted molar refractivity (Wildman–Crippen MR) is 62.8 cm³/mol. The monoisotopic (exact) mass is 211 g/mol. The summed E-state index contributed by atoms with van der Waals surface area (Å²) in [4.78, 5) is 4.15. The molecule has 0 bridgehead atoms. The highest BCUT2D eigenvalue weighted by Crippen LogP contribution is 2.11. The van der Waals surface area contributed by atoms with Gasteiger partial charge >= 0.3 is 0 Å². The number of aliphatic imine (C=N–C) groups is 1. The fourth-order valence-electron chi connectivity index (χ4n) is 1.49. The largest absolute Gasteiger partial charge is 0.381 e. The van der Waals surface area contributed by atoms with Crippen molar-refractivity contribution in [2.24, 2.45) is 16.6 Å². The van der Waals surface area contributed by atoms with Crippen LogP contribution < -0.4 is 11.1 Å². The van der Waals surface area contributed by atoms with Gasteiger partial charge in [-0.05, 0) is 25.7 Å². The number of nitrogens with two attached hydrogens (primary N) is 1. The molecule has 4 nitrogen and oxygen atoms in total. The number of hydrogen-bond donors (Lipinski definition) is 2. The van der Waals surface area contributed by atoms with Crippen molar-refractivity contribution >= 4 is 5.96 Å². The number of guanidine groups is 1. The highest BCUT2D eigenvalue weighted by Gasteiger charge is 2.13. The molecule has 1 saturated heterocycles. The average Bonchev–Trinajstić information content (AvgIpc) is 2.25. The predicted octanol–water partition coefficient (Wildman–Crippen LogP) is 0.893. The van der Waals surface area contributed by atoms with Crippen molar-refractivity contribution in [3.63, 3.8) is 0 Å². The van der Waals surface area contributed by atoms with Gasteiger partial charge in [-0.3, -0.25) is 0 Å². The van der Waals surface area contributed by atoms with E-state index in [0.29, 0.717) is 18.4 Å². The summed E-state index contributed by atoms with van der Waals surface area (Å²) in [5, 5.41) is 3.11. The molecule has 1 atom stereocenters. The zero-order valence-corrected chi connectivity index (χ0v) is 9.46. The molecule has 4 heteroatoms. The summed E-state index contributed by atoms with van der Waals surface area (Å²) < 4.78 is 5.38. The first-order valence-electron chi connectivity index (χ1n) is 5.44. The zero-order valence-electron chi connectivity index (χ0n) is 9.46. The molecule has 0 radical (unpaired) electrons. The number of nitrogens with zero attached hydrogens (tertiary/aromatic N) is 1. The van der Waals surface area contributed by atoms with Gasteiger partial charge in [0.1, 0.15) is 0 Å². The van der Waals surface area contributed by atoms with Gasteiger partial charge in [0.2, 0.25) is 0 Å². The molecule has 15 heavy (non-hydrogen) atoms. The Balaban J connectivity index is 2.17. The fraction of sp³-hybridized carbons (Fsp3) is 0.727. The van der Waals surface area contributed by atoms with E-state index in [2.05, 4.69) is 16.9 Å². The Morgan fingerprint density at radius 2 is 2.47 bits per heavy atom. The van der Waals surface area contributed by atoms with Gasteiger partial charge in [0.15, 0.2) is 5.96 Å². The first-order chi connectivity index (χ1) is 7.18. The fourth-order valence-corrected chi connectivity index (χ4v) is 1.49. The van der Waals surface area contributed by atoms with Crippen molar-refractivity contribution in [3.05, 3.63) is 12.2 Å². The van der Waals surface area contributed by atoms with Gasteiger partial charge in [-0.2, -0.15) is 0 Å². The van der Waals surface area contributed by atoms with E-state index in [1.165, 1.54) is 6.42 Å². The van der Waals surface area contributed by atoms with Crippen LogP contribution in [0.15, 0.2) is 17.1 Å². The number of rotatable bonds is 4. The summed E-state index contributed by atoms with van der Waals surface area (Å²) in [5.74, 6) is 1.07. The molecule has 1 aliphatic rings. The lowest BCUT2D eigenvalue weighted by Gasteiger charge is -2.22. The second-order valence-electron chi connectivity index (χ2n) is 4.12. The van der Waals surface area contributed by atoms with E-state index in [1.807, 2.05) is 6.92 Å². The average molecular weight is 211 g/mol. The van der Waals surface area contributed by atoms with Crippen molar-refractivity contribution in [1.29, 1.82) is 0 Å². The second kappa shape index (κ2) is 6.45. The Hall–Kier alpha value is -1.03. The minimum absolute atomic E-state index is 0.503. The molecule has 0 amide bonds. The molecular formula is C11H21N3O.